The zero-order chi connectivity index (χ0) is 17.9. The lowest BCUT2D eigenvalue weighted by molar-refractivity contribution is -0.274. The first-order chi connectivity index (χ1) is 11.0. The summed E-state index contributed by atoms with van der Waals surface area (Å²) in [7, 11) is 1.44. The number of nitrogens with zero attached hydrogens (tertiary/aromatic N) is 3. The largest absolute Gasteiger partial charge is 0.417 e. The number of hydrogen-bond acceptors (Lipinski definition) is 4. The second-order valence-electron chi connectivity index (χ2n) is 6.61. The Balaban J connectivity index is 2.09. The lowest BCUT2D eigenvalue weighted by Gasteiger charge is -2.43. The lowest BCUT2D eigenvalue weighted by atomic mass is 9.74. The van der Waals surface area contributed by atoms with E-state index in [4.69, 9.17) is 0 Å². The van der Waals surface area contributed by atoms with E-state index >= 15 is 0 Å². The standard InChI is InChI=1S/C14H17F3N4O3/c1-12(3-5-13(24,6-4-12)14(15,16)17)21-10(22)8-9(19-7-18-8)20(2)11(21)23/h7,24H,3-6H2,1-2H3,(H,18,19). The Labute approximate surface area is 133 Å². The number of fused-ring (bicyclic) bond motifs is 1. The van der Waals surface area contributed by atoms with Gasteiger partial charge in [0.15, 0.2) is 11.2 Å². The lowest BCUT2D eigenvalue weighted by Crippen LogP contribution is -2.56. The summed E-state index contributed by atoms with van der Waals surface area (Å²) in [4.78, 5) is 31.7. The molecule has 0 radical (unpaired) electrons. The van der Waals surface area contributed by atoms with E-state index in [1.807, 2.05) is 0 Å². The van der Waals surface area contributed by atoms with Crippen LogP contribution in [0.5, 0.6) is 0 Å². The third-order valence-corrected chi connectivity index (χ3v) is 5.05. The van der Waals surface area contributed by atoms with Crippen LogP contribution in [0.25, 0.3) is 11.2 Å². The fraction of sp³-hybridized carbons (Fsp3) is 0.643. The van der Waals surface area contributed by atoms with Crippen LogP contribution >= 0.6 is 0 Å². The highest BCUT2D eigenvalue weighted by molar-refractivity contribution is 5.68. The van der Waals surface area contributed by atoms with Gasteiger partial charge in [-0.2, -0.15) is 13.2 Å². The van der Waals surface area contributed by atoms with E-state index in [9.17, 15) is 27.9 Å². The van der Waals surface area contributed by atoms with Gasteiger partial charge in [0, 0.05) is 7.05 Å². The molecule has 2 heterocycles. The fourth-order valence-corrected chi connectivity index (χ4v) is 3.32. The molecule has 10 heteroatoms. The van der Waals surface area contributed by atoms with Crippen LogP contribution < -0.4 is 11.2 Å². The quantitative estimate of drug-likeness (QED) is 0.806. The molecule has 1 aliphatic rings. The van der Waals surface area contributed by atoms with Crippen molar-refractivity contribution in [1.29, 1.82) is 0 Å². The molecule has 1 aliphatic carbocycles. The first-order valence-corrected chi connectivity index (χ1v) is 7.45. The van der Waals surface area contributed by atoms with Crippen molar-refractivity contribution >= 4 is 11.2 Å². The van der Waals surface area contributed by atoms with Crippen LogP contribution in [0.2, 0.25) is 0 Å². The summed E-state index contributed by atoms with van der Waals surface area (Å²) in [6, 6.07) is 0. The molecule has 0 spiro atoms. The molecule has 24 heavy (non-hydrogen) atoms. The smallest absolute Gasteiger partial charge is 0.380 e. The van der Waals surface area contributed by atoms with E-state index < -0.39 is 41.4 Å². The van der Waals surface area contributed by atoms with E-state index in [1.54, 1.807) is 6.92 Å². The van der Waals surface area contributed by atoms with E-state index in [2.05, 4.69) is 9.97 Å². The Bertz CT molecular complexity index is 901. The van der Waals surface area contributed by atoms with Crippen molar-refractivity contribution in [2.75, 3.05) is 0 Å². The Morgan fingerprint density at radius 2 is 1.83 bits per heavy atom. The number of aliphatic hydroxyl groups is 1. The molecule has 1 saturated carbocycles. The molecule has 2 aromatic heterocycles. The maximum absolute atomic E-state index is 13.0. The van der Waals surface area contributed by atoms with Gasteiger partial charge < -0.3 is 10.1 Å². The number of rotatable bonds is 1. The maximum Gasteiger partial charge on any atom is 0.417 e. The molecule has 3 rings (SSSR count). The Hall–Kier alpha value is -2.10. The second kappa shape index (κ2) is 4.95. The molecule has 0 atom stereocenters. The monoisotopic (exact) mass is 346 g/mol. The van der Waals surface area contributed by atoms with E-state index in [-0.39, 0.29) is 24.0 Å². The molecule has 2 N–H and O–H groups in total. The number of nitrogens with one attached hydrogen (secondary N) is 1. The van der Waals surface area contributed by atoms with Crippen molar-refractivity contribution in [1.82, 2.24) is 19.1 Å². The van der Waals surface area contributed by atoms with Gasteiger partial charge in [0.2, 0.25) is 0 Å². The first-order valence-electron chi connectivity index (χ1n) is 7.45. The summed E-state index contributed by atoms with van der Waals surface area (Å²) in [5.41, 5.74) is -4.84. The number of alkyl halides is 3. The molecule has 1 fully saturated rings. The molecule has 2 aromatic rings. The second-order valence-corrected chi connectivity index (χ2v) is 6.61. The van der Waals surface area contributed by atoms with Gasteiger partial charge in [-0.25, -0.2) is 9.78 Å². The molecular formula is C14H17F3N4O3. The average molecular weight is 346 g/mol. The minimum absolute atomic E-state index is 0.120. The molecule has 0 aliphatic heterocycles. The van der Waals surface area contributed by atoms with Gasteiger partial charge in [-0.1, -0.05) is 0 Å². The van der Waals surface area contributed by atoms with Crippen LogP contribution in [0.4, 0.5) is 13.2 Å². The average Bonchev–Trinajstić information content (AvgIpc) is 2.97. The Kier molecular flexibility index (Phi) is 3.45. The first kappa shape index (κ1) is 16.7. The van der Waals surface area contributed by atoms with Gasteiger partial charge >= 0.3 is 11.9 Å². The fourth-order valence-electron chi connectivity index (χ4n) is 3.32. The summed E-state index contributed by atoms with van der Waals surface area (Å²) in [5.74, 6) is 0. The molecule has 7 nitrogen and oxygen atoms in total. The zero-order valence-electron chi connectivity index (χ0n) is 13.1. The molecule has 0 bridgehead atoms. The summed E-state index contributed by atoms with van der Waals surface area (Å²) in [5, 5.41) is 9.81. The van der Waals surface area contributed by atoms with Crippen LogP contribution in [0.1, 0.15) is 32.6 Å². The third-order valence-electron chi connectivity index (χ3n) is 5.05. The number of aromatic nitrogens is 4. The summed E-state index contributed by atoms with van der Waals surface area (Å²) in [6.45, 7) is 1.56. The highest BCUT2D eigenvalue weighted by Crippen LogP contribution is 2.46. The zero-order valence-corrected chi connectivity index (χ0v) is 13.1. The molecule has 132 valence electrons. The van der Waals surface area contributed by atoms with Crippen molar-refractivity contribution in [3.8, 4) is 0 Å². The summed E-state index contributed by atoms with van der Waals surface area (Å²) in [6.07, 6.45) is -4.87. The minimum atomic E-state index is -4.74. The van der Waals surface area contributed by atoms with E-state index in [0.717, 1.165) is 4.57 Å². The van der Waals surface area contributed by atoms with Crippen LogP contribution in [0.15, 0.2) is 15.9 Å². The van der Waals surface area contributed by atoms with E-state index in [0.29, 0.717) is 0 Å². The number of H-pyrrole nitrogens is 1. The predicted octanol–water partition coefficient (Wildman–Crippen LogP) is 1.01. The molecule has 0 amide bonds. The molecule has 0 saturated heterocycles. The number of halogens is 3. The van der Waals surface area contributed by atoms with Gasteiger partial charge in [0.05, 0.1) is 11.9 Å². The number of aromatic amines is 1. The van der Waals surface area contributed by atoms with Crippen molar-refractivity contribution in [2.45, 2.75) is 49.9 Å². The van der Waals surface area contributed by atoms with E-state index in [1.165, 1.54) is 17.9 Å². The molecule has 0 aromatic carbocycles. The SMILES string of the molecule is Cn1c(=O)n(C2(C)CCC(O)(C(F)(F)F)CC2)c(=O)c2[nH]cnc21. The van der Waals surface area contributed by atoms with Gasteiger partial charge in [0.25, 0.3) is 5.56 Å². The van der Waals surface area contributed by atoms with Crippen LogP contribution in [-0.2, 0) is 12.6 Å². The summed E-state index contributed by atoms with van der Waals surface area (Å²) < 4.78 is 41.1. The van der Waals surface area contributed by atoms with Crippen molar-refractivity contribution in [3.05, 3.63) is 27.2 Å². The van der Waals surface area contributed by atoms with Gasteiger partial charge in [-0.05, 0) is 32.6 Å². The summed E-state index contributed by atoms with van der Waals surface area (Å²) >= 11 is 0. The number of aryl methyl sites for hydroxylation is 1. The van der Waals surface area contributed by atoms with Crippen molar-refractivity contribution in [3.63, 3.8) is 0 Å². The predicted molar refractivity (Wildman–Crippen MR) is 78.7 cm³/mol. The highest BCUT2D eigenvalue weighted by Gasteiger charge is 2.57. The molecule has 0 unspecified atom stereocenters. The number of hydrogen-bond donors (Lipinski definition) is 2. The maximum atomic E-state index is 13.0. The number of imidazole rings is 1. The van der Waals surface area contributed by atoms with Crippen molar-refractivity contribution in [2.24, 2.45) is 7.05 Å². The Morgan fingerprint density at radius 1 is 1.25 bits per heavy atom. The topological polar surface area (TPSA) is 92.9 Å². The van der Waals surface area contributed by atoms with Gasteiger partial charge in [0.1, 0.15) is 5.52 Å². The third kappa shape index (κ3) is 2.20. The van der Waals surface area contributed by atoms with Crippen LogP contribution in [-0.4, -0.2) is 36.0 Å². The normalized spacial score (nSPS) is 28.4. The van der Waals surface area contributed by atoms with Gasteiger partial charge in [-0.3, -0.25) is 13.9 Å². The van der Waals surface area contributed by atoms with Crippen LogP contribution in [0, 0.1) is 0 Å². The Morgan fingerprint density at radius 3 is 2.38 bits per heavy atom. The highest BCUT2D eigenvalue weighted by atomic mass is 19.4. The van der Waals surface area contributed by atoms with Crippen LogP contribution in [0.3, 0.4) is 0 Å². The van der Waals surface area contributed by atoms with Crippen molar-refractivity contribution < 1.29 is 18.3 Å². The van der Waals surface area contributed by atoms with Gasteiger partial charge in [-0.15, -0.1) is 0 Å². The minimum Gasteiger partial charge on any atom is -0.380 e. The molecular weight excluding hydrogens is 329 g/mol.